The number of aromatic amines is 2. The molecule has 0 bridgehead atoms. The Labute approximate surface area is 169 Å². The fourth-order valence-electron chi connectivity index (χ4n) is 4.14. The van der Waals surface area contributed by atoms with Crippen LogP contribution in [0.4, 0.5) is 0 Å². The second-order valence-electron chi connectivity index (χ2n) is 7.65. The Balaban J connectivity index is 1.71. The van der Waals surface area contributed by atoms with Gasteiger partial charge in [0.1, 0.15) is 0 Å². The van der Waals surface area contributed by atoms with Crippen molar-refractivity contribution in [1.82, 2.24) is 14.5 Å². The zero-order valence-electron chi connectivity index (χ0n) is 16.8. The minimum Gasteiger partial charge on any atom is -0.340 e. The molecule has 2 aromatic heterocycles. The first kappa shape index (κ1) is 19.2. The number of aromatic nitrogens is 3. The van der Waals surface area contributed by atoms with E-state index in [1.807, 2.05) is 6.07 Å². The zero-order valence-corrected chi connectivity index (χ0v) is 16.8. The Hall–Kier alpha value is -3.08. The van der Waals surface area contributed by atoms with E-state index in [0.717, 1.165) is 17.5 Å². The predicted octanol–water partition coefficient (Wildman–Crippen LogP) is 5.20. The van der Waals surface area contributed by atoms with Crippen LogP contribution in [0, 0.1) is 0 Å². The molecule has 2 N–H and O–H groups in total. The highest BCUT2D eigenvalue weighted by Gasteiger charge is 2.12. The van der Waals surface area contributed by atoms with E-state index in [0.29, 0.717) is 5.56 Å². The smallest absolute Gasteiger partial charge is 0.325 e. The number of unbranched alkanes of at least 4 members (excludes halogenated alkanes) is 5. The molecular formula is C24H27N3O2. The number of rotatable bonds is 8. The van der Waals surface area contributed by atoms with Gasteiger partial charge in [0.2, 0.25) is 0 Å². The van der Waals surface area contributed by atoms with Crippen LogP contribution in [-0.2, 0) is 6.54 Å². The molecule has 0 aliphatic rings. The van der Waals surface area contributed by atoms with E-state index in [1.54, 1.807) is 0 Å². The fourth-order valence-corrected chi connectivity index (χ4v) is 4.14. The van der Waals surface area contributed by atoms with Crippen LogP contribution in [0.3, 0.4) is 0 Å². The molecule has 0 fully saturated rings. The standard InChI is InChI=1S/C24H27N3O2/c1-2-3-4-5-6-9-14-27-21-11-8-7-10-18(21)19-15-17(12-13-22(19)27)20-16-25-24(29)26-23(20)28/h7-8,10-13,15-16H,2-6,9,14H2,1H3,(H2,25,26,28,29). The summed E-state index contributed by atoms with van der Waals surface area (Å²) in [6.45, 7) is 3.24. The monoisotopic (exact) mass is 389 g/mol. The van der Waals surface area contributed by atoms with Crippen molar-refractivity contribution in [1.29, 1.82) is 0 Å². The number of aryl methyl sites for hydroxylation is 1. The van der Waals surface area contributed by atoms with Crippen molar-refractivity contribution in [2.24, 2.45) is 0 Å². The minimum atomic E-state index is -0.490. The van der Waals surface area contributed by atoms with E-state index in [-0.39, 0.29) is 5.56 Å². The average Bonchev–Trinajstić information content (AvgIpc) is 3.04. The summed E-state index contributed by atoms with van der Waals surface area (Å²) in [6.07, 6.45) is 9.11. The summed E-state index contributed by atoms with van der Waals surface area (Å²) in [4.78, 5) is 28.4. The van der Waals surface area contributed by atoms with Crippen molar-refractivity contribution in [3.05, 3.63) is 69.5 Å². The summed E-state index contributed by atoms with van der Waals surface area (Å²) >= 11 is 0. The summed E-state index contributed by atoms with van der Waals surface area (Å²) in [5.41, 5.74) is 2.82. The van der Waals surface area contributed by atoms with Crippen LogP contribution >= 0.6 is 0 Å². The van der Waals surface area contributed by atoms with E-state index >= 15 is 0 Å². The molecule has 0 saturated carbocycles. The highest BCUT2D eigenvalue weighted by Crippen LogP contribution is 2.32. The van der Waals surface area contributed by atoms with Gasteiger partial charge in [0.15, 0.2) is 0 Å². The molecule has 0 saturated heterocycles. The SMILES string of the molecule is CCCCCCCCn1c2ccccc2c2cc(-c3c[nH]c(=O)[nH]c3=O)ccc21. The fraction of sp³-hybridized carbons (Fsp3) is 0.333. The topological polar surface area (TPSA) is 70.7 Å². The van der Waals surface area contributed by atoms with E-state index in [9.17, 15) is 9.59 Å². The third kappa shape index (κ3) is 3.90. The predicted molar refractivity (Wildman–Crippen MR) is 119 cm³/mol. The van der Waals surface area contributed by atoms with E-state index in [4.69, 9.17) is 0 Å². The molecule has 5 nitrogen and oxygen atoms in total. The number of benzene rings is 2. The number of H-pyrrole nitrogens is 2. The van der Waals surface area contributed by atoms with Crippen molar-refractivity contribution in [2.75, 3.05) is 0 Å². The van der Waals surface area contributed by atoms with Gasteiger partial charge >= 0.3 is 5.69 Å². The largest absolute Gasteiger partial charge is 0.340 e. The number of hydrogen-bond donors (Lipinski definition) is 2. The first-order valence-corrected chi connectivity index (χ1v) is 10.5. The third-order valence-corrected chi connectivity index (χ3v) is 5.64. The minimum absolute atomic E-state index is 0.371. The van der Waals surface area contributed by atoms with Gasteiger partial charge in [-0.2, -0.15) is 0 Å². The quantitative estimate of drug-likeness (QED) is 0.407. The van der Waals surface area contributed by atoms with E-state index in [1.165, 1.54) is 61.1 Å². The van der Waals surface area contributed by atoms with Crippen LogP contribution in [0.2, 0.25) is 0 Å². The van der Waals surface area contributed by atoms with Gasteiger partial charge in [-0.3, -0.25) is 9.78 Å². The second kappa shape index (κ2) is 8.52. The maximum atomic E-state index is 12.2. The number of nitrogens with one attached hydrogen (secondary N) is 2. The number of nitrogens with zero attached hydrogens (tertiary/aromatic N) is 1. The van der Waals surface area contributed by atoms with Gasteiger partial charge in [-0.15, -0.1) is 0 Å². The van der Waals surface area contributed by atoms with Crippen LogP contribution in [-0.4, -0.2) is 14.5 Å². The van der Waals surface area contributed by atoms with Crippen molar-refractivity contribution in [3.63, 3.8) is 0 Å². The summed E-state index contributed by atoms with van der Waals surface area (Å²) in [7, 11) is 0. The van der Waals surface area contributed by atoms with Crippen LogP contribution in [0.15, 0.2) is 58.3 Å². The Morgan fingerprint density at radius 2 is 1.62 bits per heavy atom. The maximum absolute atomic E-state index is 12.2. The highest BCUT2D eigenvalue weighted by atomic mass is 16.2. The van der Waals surface area contributed by atoms with Crippen LogP contribution in [0.1, 0.15) is 45.4 Å². The van der Waals surface area contributed by atoms with Gasteiger partial charge < -0.3 is 9.55 Å². The van der Waals surface area contributed by atoms with Gasteiger partial charge in [0.05, 0.1) is 5.56 Å². The summed E-state index contributed by atoms with van der Waals surface area (Å²) in [6, 6.07) is 14.5. The normalized spacial score (nSPS) is 11.5. The summed E-state index contributed by atoms with van der Waals surface area (Å²) in [5.74, 6) is 0. The molecule has 4 aromatic rings. The van der Waals surface area contributed by atoms with Crippen LogP contribution in [0.5, 0.6) is 0 Å². The van der Waals surface area contributed by atoms with Gasteiger partial charge in [-0.05, 0) is 30.2 Å². The van der Waals surface area contributed by atoms with Crippen molar-refractivity contribution >= 4 is 21.8 Å². The Morgan fingerprint density at radius 1 is 0.862 bits per heavy atom. The van der Waals surface area contributed by atoms with Crippen molar-refractivity contribution in [2.45, 2.75) is 52.0 Å². The molecule has 2 heterocycles. The molecule has 5 heteroatoms. The van der Waals surface area contributed by atoms with E-state index in [2.05, 4.69) is 57.9 Å². The molecule has 150 valence electrons. The summed E-state index contributed by atoms with van der Waals surface area (Å²) in [5, 5.41) is 2.32. The first-order valence-electron chi connectivity index (χ1n) is 10.5. The first-order chi connectivity index (χ1) is 14.2. The van der Waals surface area contributed by atoms with Gasteiger partial charge in [-0.25, -0.2) is 4.79 Å². The molecule has 0 aliphatic carbocycles. The van der Waals surface area contributed by atoms with Crippen LogP contribution in [0.25, 0.3) is 32.9 Å². The van der Waals surface area contributed by atoms with Gasteiger partial charge in [0, 0.05) is 34.5 Å². The molecule has 2 aromatic carbocycles. The molecule has 4 rings (SSSR count). The number of hydrogen-bond acceptors (Lipinski definition) is 2. The zero-order chi connectivity index (χ0) is 20.2. The lowest BCUT2D eigenvalue weighted by molar-refractivity contribution is 0.571. The third-order valence-electron chi connectivity index (χ3n) is 5.64. The van der Waals surface area contributed by atoms with Crippen LogP contribution < -0.4 is 11.2 Å². The van der Waals surface area contributed by atoms with Gasteiger partial charge in [-0.1, -0.05) is 63.3 Å². The second-order valence-corrected chi connectivity index (χ2v) is 7.65. The molecule has 29 heavy (non-hydrogen) atoms. The molecule has 0 amide bonds. The van der Waals surface area contributed by atoms with E-state index < -0.39 is 5.69 Å². The molecule has 0 aliphatic heterocycles. The van der Waals surface area contributed by atoms with Gasteiger partial charge in [0.25, 0.3) is 5.56 Å². The molecule has 0 unspecified atom stereocenters. The molecular weight excluding hydrogens is 362 g/mol. The molecule has 0 atom stereocenters. The van der Waals surface area contributed by atoms with Crippen molar-refractivity contribution in [3.8, 4) is 11.1 Å². The Kier molecular flexibility index (Phi) is 5.65. The molecule has 0 radical (unpaired) electrons. The van der Waals surface area contributed by atoms with Crippen molar-refractivity contribution < 1.29 is 0 Å². The lowest BCUT2D eigenvalue weighted by atomic mass is 10.1. The number of fused-ring (bicyclic) bond motifs is 3. The Morgan fingerprint density at radius 3 is 2.45 bits per heavy atom. The summed E-state index contributed by atoms with van der Waals surface area (Å²) < 4.78 is 2.39. The maximum Gasteiger partial charge on any atom is 0.325 e. The number of para-hydroxylation sites is 1. The Bertz CT molecular complexity index is 1250. The lowest BCUT2D eigenvalue weighted by Gasteiger charge is -2.08. The average molecular weight is 389 g/mol. The lowest BCUT2D eigenvalue weighted by Crippen LogP contribution is -2.22. The molecule has 0 spiro atoms. The highest BCUT2D eigenvalue weighted by molar-refractivity contribution is 6.09.